The third-order valence-corrected chi connectivity index (χ3v) is 6.48. The van der Waals surface area contributed by atoms with Gasteiger partial charge in [-0.1, -0.05) is 52.4 Å². The normalized spacial score (nSPS) is 11.2. The summed E-state index contributed by atoms with van der Waals surface area (Å²) in [5.74, 6) is 0.0947. The molecule has 0 radical (unpaired) electrons. The van der Waals surface area contributed by atoms with Crippen LogP contribution in [0.2, 0.25) is 10.0 Å². The molecule has 0 aliphatic carbocycles. The number of halogens is 2. The van der Waals surface area contributed by atoms with Gasteiger partial charge in [0.05, 0.1) is 17.0 Å². The van der Waals surface area contributed by atoms with Crippen molar-refractivity contribution < 1.29 is 13.2 Å². The number of sulfonamides is 1. The van der Waals surface area contributed by atoms with Crippen LogP contribution in [0, 0.1) is 0 Å². The number of carbonyl (C=O) groups is 1. The average Bonchev–Trinajstić information content (AvgIpc) is 2.97. The standard InChI is InChI=1S/C14H14Cl2N4O3S3/c1-3-6-24-14-19-18-13(25-14)17-12(21)8-20(26(2,22)23)11-5-4-9(15)7-10(11)16/h3-5,7H,1,6,8H2,2H3,(H,17,18,21). The van der Waals surface area contributed by atoms with Crippen LogP contribution in [0.25, 0.3) is 0 Å². The minimum absolute atomic E-state index is 0.120. The Morgan fingerprint density at radius 3 is 2.77 bits per heavy atom. The molecule has 0 atom stereocenters. The molecule has 2 rings (SSSR count). The van der Waals surface area contributed by atoms with Crippen molar-refractivity contribution in [2.45, 2.75) is 4.34 Å². The molecule has 1 N–H and O–H groups in total. The molecular formula is C14H14Cl2N4O3S3. The summed E-state index contributed by atoms with van der Waals surface area (Å²) in [6.45, 7) is 3.15. The van der Waals surface area contributed by atoms with E-state index < -0.39 is 22.5 Å². The number of thioether (sulfide) groups is 1. The van der Waals surface area contributed by atoms with Crippen molar-refractivity contribution in [3.05, 3.63) is 40.9 Å². The Hall–Kier alpha value is -1.33. The van der Waals surface area contributed by atoms with Crippen molar-refractivity contribution in [3.63, 3.8) is 0 Å². The molecule has 0 fully saturated rings. The van der Waals surface area contributed by atoms with Gasteiger partial charge in [-0.15, -0.1) is 16.8 Å². The Kier molecular flexibility index (Phi) is 7.30. The minimum Gasteiger partial charge on any atom is -0.299 e. The lowest BCUT2D eigenvalue weighted by atomic mass is 10.3. The SMILES string of the molecule is C=CCSc1nnc(NC(=O)CN(c2ccc(Cl)cc2Cl)S(C)(=O)=O)s1. The number of nitrogens with one attached hydrogen (secondary N) is 1. The monoisotopic (exact) mass is 452 g/mol. The molecular weight excluding hydrogens is 439 g/mol. The maximum atomic E-state index is 12.3. The molecule has 26 heavy (non-hydrogen) atoms. The van der Waals surface area contributed by atoms with E-state index in [0.29, 0.717) is 15.1 Å². The van der Waals surface area contributed by atoms with E-state index in [-0.39, 0.29) is 15.8 Å². The zero-order valence-corrected chi connectivity index (χ0v) is 17.4. The van der Waals surface area contributed by atoms with Crippen molar-refractivity contribution in [3.8, 4) is 0 Å². The second-order valence-corrected chi connectivity index (χ2v) is 9.88. The molecule has 140 valence electrons. The van der Waals surface area contributed by atoms with E-state index in [1.165, 1.54) is 41.3 Å². The van der Waals surface area contributed by atoms with Crippen LogP contribution in [0.15, 0.2) is 35.2 Å². The first-order chi connectivity index (χ1) is 12.2. The summed E-state index contributed by atoms with van der Waals surface area (Å²) in [5, 5.41) is 11.1. The maximum Gasteiger partial charge on any atom is 0.246 e. The van der Waals surface area contributed by atoms with E-state index in [1.54, 1.807) is 6.08 Å². The molecule has 2 aromatic rings. The van der Waals surface area contributed by atoms with Crippen LogP contribution in [0.1, 0.15) is 0 Å². The summed E-state index contributed by atoms with van der Waals surface area (Å²) in [7, 11) is -3.75. The minimum atomic E-state index is -3.75. The second kappa shape index (κ2) is 9.05. The van der Waals surface area contributed by atoms with Gasteiger partial charge in [-0.2, -0.15) is 0 Å². The molecule has 1 heterocycles. The number of rotatable bonds is 8. The predicted octanol–water partition coefficient (Wildman–Crippen LogP) is 3.53. The van der Waals surface area contributed by atoms with E-state index >= 15 is 0 Å². The number of hydrogen-bond acceptors (Lipinski definition) is 7. The van der Waals surface area contributed by atoms with Crippen molar-refractivity contribution in [2.24, 2.45) is 0 Å². The van der Waals surface area contributed by atoms with Crippen LogP contribution in [0.3, 0.4) is 0 Å². The fourth-order valence-electron chi connectivity index (χ4n) is 1.80. The zero-order valence-electron chi connectivity index (χ0n) is 13.5. The summed E-state index contributed by atoms with van der Waals surface area (Å²) < 4.78 is 25.8. The van der Waals surface area contributed by atoms with Crippen LogP contribution >= 0.6 is 46.3 Å². The highest BCUT2D eigenvalue weighted by Gasteiger charge is 2.23. The number of carbonyl (C=O) groups excluding carboxylic acids is 1. The fraction of sp³-hybridized carbons (Fsp3) is 0.214. The highest BCUT2D eigenvalue weighted by molar-refractivity contribution is 8.01. The fourth-order valence-corrected chi connectivity index (χ4v) is 4.76. The molecule has 0 bridgehead atoms. The number of amides is 1. The Morgan fingerprint density at radius 2 is 2.15 bits per heavy atom. The van der Waals surface area contributed by atoms with E-state index in [2.05, 4.69) is 22.1 Å². The largest absolute Gasteiger partial charge is 0.299 e. The van der Waals surface area contributed by atoms with Crippen molar-refractivity contribution >= 4 is 73.0 Å². The molecule has 0 saturated carbocycles. The lowest BCUT2D eigenvalue weighted by Crippen LogP contribution is -2.37. The van der Waals surface area contributed by atoms with Gasteiger partial charge >= 0.3 is 0 Å². The maximum absolute atomic E-state index is 12.3. The quantitative estimate of drug-likeness (QED) is 0.374. The molecule has 0 aliphatic rings. The Labute approximate surface area is 169 Å². The van der Waals surface area contributed by atoms with Crippen LogP contribution in [-0.2, 0) is 14.8 Å². The predicted molar refractivity (Wildman–Crippen MR) is 108 cm³/mol. The summed E-state index contributed by atoms with van der Waals surface area (Å²) in [5.41, 5.74) is 0.160. The van der Waals surface area contributed by atoms with Crippen molar-refractivity contribution in [1.29, 1.82) is 0 Å². The smallest absolute Gasteiger partial charge is 0.246 e. The van der Waals surface area contributed by atoms with E-state index in [9.17, 15) is 13.2 Å². The highest BCUT2D eigenvalue weighted by atomic mass is 35.5. The molecule has 1 aromatic carbocycles. The van der Waals surface area contributed by atoms with Crippen LogP contribution in [-0.4, -0.2) is 43.1 Å². The number of hydrogen-bond donors (Lipinski definition) is 1. The lowest BCUT2D eigenvalue weighted by Gasteiger charge is -2.22. The first-order valence-corrected chi connectivity index (χ1v) is 11.4. The van der Waals surface area contributed by atoms with Gasteiger partial charge in [0.2, 0.25) is 21.1 Å². The number of anilines is 2. The molecule has 0 spiro atoms. The summed E-state index contributed by atoms with van der Waals surface area (Å²) in [6.07, 6.45) is 2.71. The zero-order chi connectivity index (χ0) is 19.3. The van der Waals surface area contributed by atoms with Gasteiger partial charge in [-0.3, -0.25) is 14.4 Å². The summed E-state index contributed by atoms with van der Waals surface area (Å²) in [6, 6.07) is 4.34. The van der Waals surface area contributed by atoms with Gasteiger partial charge in [-0.05, 0) is 18.2 Å². The van der Waals surface area contributed by atoms with Gasteiger partial charge in [0, 0.05) is 10.8 Å². The van der Waals surface area contributed by atoms with Crippen molar-refractivity contribution in [1.82, 2.24) is 10.2 Å². The number of benzene rings is 1. The molecule has 7 nitrogen and oxygen atoms in total. The van der Waals surface area contributed by atoms with Crippen LogP contribution in [0.4, 0.5) is 10.8 Å². The van der Waals surface area contributed by atoms with Crippen LogP contribution in [0.5, 0.6) is 0 Å². The highest BCUT2D eigenvalue weighted by Crippen LogP contribution is 2.30. The van der Waals surface area contributed by atoms with Gasteiger partial charge in [0.1, 0.15) is 6.54 Å². The van der Waals surface area contributed by atoms with Crippen molar-refractivity contribution in [2.75, 3.05) is 28.2 Å². The van der Waals surface area contributed by atoms with E-state index in [4.69, 9.17) is 23.2 Å². The van der Waals surface area contributed by atoms with Gasteiger partial charge in [0.25, 0.3) is 0 Å². The third kappa shape index (κ3) is 5.85. The third-order valence-electron chi connectivity index (χ3n) is 2.84. The molecule has 1 amide bonds. The van der Waals surface area contributed by atoms with E-state index in [1.807, 2.05) is 0 Å². The van der Waals surface area contributed by atoms with Gasteiger partial charge < -0.3 is 0 Å². The average molecular weight is 453 g/mol. The Morgan fingerprint density at radius 1 is 1.42 bits per heavy atom. The first kappa shape index (κ1) is 21.0. The van der Waals surface area contributed by atoms with Crippen LogP contribution < -0.4 is 9.62 Å². The molecule has 1 aromatic heterocycles. The first-order valence-electron chi connectivity index (χ1n) is 7.00. The second-order valence-electron chi connectivity index (χ2n) is 4.89. The summed E-state index contributed by atoms with van der Waals surface area (Å²) >= 11 is 14.5. The molecule has 12 heteroatoms. The number of nitrogens with zero attached hydrogens (tertiary/aromatic N) is 3. The lowest BCUT2D eigenvalue weighted by molar-refractivity contribution is -0.114. The summed E-state index contributed by atoms with van der Waals surface area (Å²) in [4.78, 5) is 12.3. The van der Waals surface area contributed by atoms with Gasteiger partial charge in [-0.25, -0.2) is 8.42 Å². The molecule has 0 saturated heterocycles. The Bertz CT molecular complexity index is 918. The van der Waals surface area contributed by atoms with E-state index in [0.717, 1.165) is 10.6 Å². The van der Waals surface area contributed by atoms with Gasteiger partial charge in [0.15, 0.2) is 4.34 Å². The molecule has 0 unspecified atom stereocenters. The molecule has 0 aliphatic heterocycles. The number of aromatic nitrogens is 2. The Balaban J connectivity index is 2.14. The topological polar surface area (TPSA) is 92.3 Å².